The molecular weight excluding hydrogens is 288 g/mol. The standard InChI is InChI=1S/C18H16N4O/c1-13-5-3-6-14(11-13)21(2)17-8-9-19-18-15(12-20-22(17)18)16-7-4-10-23-16/h3-12H,1-2H3. The topological polar surface area (TPSA) is 46.6 Å². The average molecular weight is 304 g/mol. The first-order chi connectivity index (χ1) is 11.2. The number of nitrogens with zero attached hydrogens (tertiary/aromatic N) is 4. The maximum Gasteiger partial charge on any atom is 0.168 e. The molecule has 0 saturated heterocycles. The molecule has 0 atom stereocenters. The van der Waals surface area contributed by atoms with Gasteiger partial charge in [-0.1, -0.05) is 12.1 Å². The van der Waals surface area contributed by atoms with Gasteiger partial charge in [-0.15, -0.1) is 0 Å². The van der Waals surface area contributed by atoms with Crippen LogP contribution in [0.1, 0.15) is 5.56 Å². The SMILES string of the molecule is Cc1cccc(N(C)c2ccnc3c(-c4ccco4)cnn23)c1. The van der Waals surface area contributed by atoms with Gasteiger partial charge in [0.1, 0.15) is 11.6 Å². The predicted molar refractivity (Wildman–Crippen MR) is 89.9 cm³/mol. The summed E-state index contributed by atoms with van der Waals surface area (Å²) in [6.07, 6.45) is 5.24. The predicted octanol–water partition coefficient (Wildman–Crippen LogP) is 4.07. The molecule has 0 saturated carbocycles. The summed E-state index contributed by atoms with van der Waals surface area (Å²) < 4.78 is 7.31. The van der Waals surface area contributed by atoms with Crippen molar-refractivity contribution in [1.82, 2.24) is 14.6 Å². The molecule has 4 rings (SSSR count). The first kappa shape index (κ1) is 13.6. The average Bonchev–Trinajstić information content (AvgIpc) is 3.22. The second-order valence-corrected chi connectivity index (χ2v) is 5.47. The third-order valence-corrected chi connectivity index (χ3v) is 3.90. The lowest BCUT2D eigenvalue weighted by Gasteiger charge is -2.20. The van der Waals surface area contributed by atoms with Crippen molar-refractivity contribution < 1.29 is 4.42 Å². The fourth-order valence-electron chi connectivity index (χ4n) is 2.71. The highest BCUT2D eigenvalue weighted by molar-refractivity contribution is 5.75. The summed E-state index contributed by atoms with van der Waals surface area (Å²) in [7, 11) is 2.03. The Bertz CT molecular complexity index is 956. The van der Waals surface area contributed by atoms with Crippen LogP contribution in [0.3, 0.4) is 0 Å². The van der Waals surface area contributed by atoms with Gasteiger partial charge in [-0.05, 0) is 42.8 Å². The Balaban J connectivity index is 1.85. The number of aromatic nitrogens is 3. The molecule has 5 nitrogen and oxygen atoms in total. The van der Waals surface area contributed by atoms with Crippen molar-refractivity contribution in [1.29, 1.82) is 0 Å². The summed E-state index contributed by atoms with van der Waals surface area (Å²) in [6, 6.07) is 14.1. The van der Waals surface area contributed by atoms with Crippen LogP contribution in [0.2, 0.25) is 0 Å². The van der Waals surface area contributed by atoms with Crippen molar-refractivity contribution in [2.75, 3.05) is 11.9 Å². The maximum atomic E-state index is 5.48. The van der Waals surface area contributed by atoms with Crippen LogP contribution in [-0.4, -0.2) is 21.6 Å². The second kappa shape index (κ2) is 5.28. The zero-order chi connectivity index (χ0) is 15.8. The van der Waals surface area contributed by atoms with Crippen LogP contribution in [0.15, 0.2) is 65.5 Å². The monoisotopic (exact) mass is 304 g/mol. The number of benzene rings is 1. The number of hydrogen-bond donors (Lipinski definition) is 0. The van der Waals surface area contributed by atoms with E-state index in [-0.39, 0.29) is 0 Å². The van der Waals surface area contributed by atoms with Crippen molar-refractivity contribution in [3.63, 3.8) is 0 Å². The molecule has 0 N–H and O–H groups in total. The number of fused-ring (bicyclic) bond motifs is 1. The molecule has 0 aliphatic rings. The molecule has 0 radical (unpaired) electrons. The molecule has 0 fully saturated rings. The van der Waals surface area contributed by atoms with Gasteiger partial charge in [0.2, 0.25) is 0 Å². The van der Waals surface area contributed by atoms with Gasteiger partial charge in [0.05, 0.1) is 18.0 Å². The van der Waals surface area contributed by atoms with Gasteiger partial charge in [0.15, 0.2) is 5.65 Å². The number of anilines is 2. The van der Waals surface area contributed by atoms with E-state index < -0.39 is 0 Å². The minimum absolute atomic E-state index is 0.767. The second-order valence-electron chi connectivity index (χ2n) is 5.47. The third-order valence-electron chi connectivity index (χ3n) is 3.90. The zero-order valence-electron chi connectivity index (χ0n) is 13.0. The molecular formula is C18H16N4O. The molecule has 114 valence electrons. The van der Waals surface area contributed by atoms with Crippen LogP contribution in [0.4, 0.5) is 11.5 Å². The summed E-state index contributed by atoms with van der Waals surface area (Å²) >= 11 is 0. The molecule has 0 aliphatic heterocycles. The third kappa shape index (κ3) is 2.26. The molecule has 3 aromatic heterocycles. The normalized spacial score (nSPS) is 11.0. The molecule has 0 unspecified atom stereocenters. The van der Waals surface area contributed by atoms with Gasteiger partial charge >= 0.3 is 0 Å². The summed E-state index contributed by atoms with van der Waals surface area (Å²) in [5, 5.41) is 4.50. The van der Waals surface area contributed by atoms with Crippen LogP contribution in [-0.2, 0) is 0 Å². The van der Waals surface area contributed by atoms with Gasteiger partial charge in [-0.2, -0.15) is 9.61 Å². The van der Waals surface area contributed by atoms with E-state index in [4.69, 9.17) is 4.42 Å². The van der Waals surface area contributed by atoms with Crippen LogP contribution in [0, 0.1) is 6.92 Å². The lowest BCUT2D eigenvalue weighted by Crippen LogP contribution is -2.14. The van der Waals surface area contributed by atoms with Gasteiger partial charge in [-0.3, -0.25) is 0 Å². The summed E-state index contributed by atoms with van der Waals surface area (Å²) in [6.45, 7) is 2.09. The summed E-state index contributed by atoms with van der Waals surface area (Å²) in [4.78, 5) is 6.56. The highest BCUT2D eigenvalue weighted by atomic mass is 16.3. The smallest absolute Gasteiger partial charge is 0.168 e. The van der Waals surface area contributed by atoms with Gasteiger partial charge in [-0.25, -0.2) is 4.98 Å². The van der Waals surface area contributed by atoms with Crippen molar-refractivity contribution in [3.05, 3.63) is 66.7 Å². The molecule has 5 heteroatoms. The molecule has 0 bridgehead atoms. The summed E-state index contributed by atoms with van der Waals surface area (Å²) in [5.74, 6) is 1.71. The molecule has 3 heterocycles. The Kier molecular flexibility index (Phi) is 3.12. The van der Waals surface area contributed by atoms with E-state index >= 15 is 0 Å². The van der Waals surface area contributed by atoms with E-state index in [1.807, 2.05) is 29.8 Å². The Morgan fingerprint density at radius 3 is 2.83 bits per heavy atom. The molecule has 0 spiro atoms. The van der Waals surface area contributed by atoms with E-state index in [2.05, 4.69) is 46.2 Å². The Morgan fingerprint density at radius 2 is 2.04 bits per heavy atom. The summed E-state index contributed by atoms with van der Waals surface area (Å²) in [5.41, 5.74) is 3.98. The van der Waals surface area contributed by atoms with Crippen molar-refractivity contribution >= 4 is 17.2 Å². The van der Waals surface area contributed by atoms with Crippen LogP contribution >= 0.6 is 0 Å². The van der Waals surface area contributed by atoms with Gasteiger partial charge < -0.3 is 9.32 Å². The van der Waals surface area contributed by atoms with E-state index in [0.29, 0.717) is 0 Å². The Labute approximate surface area is 133 Å². The number of hydrogen-bond acceptors (Lipinski definition) is 4. The Morgan fingerprint density at radius 1 is 1.13 bits per heavy atom. The lowest BCUT2D eigenvalue weighted by molar-refractivity contribution is 0.583. The lowest BCUT2D eigenvalue weighted by atomic mass is 10.2. The van der Waals surface area contributed by atoms with E-state index in [1.54, 1.807) is 18.7 Å². The first-order valence-electron chi connectivity index (χ1n) is 7.41. The fourth-order valence-corrected chi connectivity index (χ4v) is 2.71. The number of furan rings is 1. The van der Waals surface area contributed by atoms with Gasteiger partial charge in [0, 0.05) is 18.9 Å². The van der Waals surface area contributed by atoms with E-state index in [1.165, 1.54) is 5.56 Å². The highest BCUT2D eigenvalue weighted by Crippen LogP contribution is 2.28. The van der Waals surface area contributed by atoms with E-state index in [0.717, 1.165) is 28.5 Å². The molecule has 23 heavy (non-hydrogen) atoms. The van der Waals surface area contributed by atoms with Crippen LogP contribution in [0.25, 0.3) is 17.0 Å². The van der Waals surface area contributed by atoms with Crippen molar-refractivity contribution in [2.24, 2.45) is 0 Å². The highest BCUT2D eigenvalue weighted by Gasteiger charge is 2.15. The number of aryl methyl sites for hydroxylation is 1. The van der Waals surface area contributed by atoms with Crippen LogP contribution in [0.5, 0.6) is 0 Å². The molecule has 1 aromatic carbocycles. The molecule has 0 amide bonds. The Hall–Kier alpha value is -3.08. The zero-order valence-corrected chi connectivity index (χ0v) is 13.0. The van der Waals surface area contributed by atoms with Gasteiger partial charge in [0.25, 0.3) is 0 Å². The minimum Gasteiger partial charge on any atom is -0.464 e. The largest absolute Gasteiger partial charge is 0.464 e. The van der Waals surface area contributed by atoms with Crippen LogP contribution < -0.4 is 4.90 Å². The fraction of sp³-hybridized carbons (Fsp3) is 0.111. The molecule has 4 aromatic rings. The molecule has 0 aliphatic carbocycles. The first-order valence-corrected chi connectivity index (χ1v) is 7.41. The number of rotatable bonds is 3. The minimum atomic E-state index is 0.767. The quantitative estimate of drug-likeness (QED) is 0.572. The maximum absolute atomic E-state index is 5.48. The van der Waals surface area contributed by atoms with E-state index in [9.17, 15) is 0 Å². The van der Waals surface area contributed by atoms with Crippen molar-refractivity contribution in [3.8, 4) is 11.3 Å². The van der Waals surface area contributed by atoms with Crippen molar-refractivity contribution in [2.45, 2.75) is 6.92 Å².